The number of ether oxygens (including phenoxy) is 1. The van der Waals surface area contributed by atoms with E-state index < -0.39 is 6.23 Å². The van der Waals surface area contributed by atoms with Gasteiger partial charge in [-0.25, -0.2) is 9.69 Å². The Kier molecular flexibility index (Phi) is 6.20. The number of likely N-dealkylation sites (N-methyl/N-ethyl adjacent to an activating group) is 1. The molecule has 8 heteroatoms. The highest BCUT2D eigenvalue weighted by Gasteiger charge is 2.38. The topological polar surface area (TPSA) is 78.8 Å². The van der Waals surface area contributed by atoms with Gasteiger partial charge in [0.05, 0.1) is 6.54 Å². The van der Waals surface area contributed by atoms with E-state index >= 15 is 0 Å². The predicted octanol–water partition coefficient (Wildman–Crippen LogP) is 4.02. The maximum atomic E-state index is 12.3. The van der Waals surface area contributed by atoms with Gasteiger partial charge in [0, 0.05) is 7.05 Å². The molecule has 7 nitrogen and oxygen atoms in total. The lowest BCUT2D eigenvalue weighted by molar-refractivity contribution is 0.140. The van der Waals surface area contributed by atoms with E-state index in [0.29, 0.717) is 16.1 Å². The van der Waals surface area contributed by atoms with Crippen LogP contribution < -0.4 is 9.64 Å². The molecule has 0 saturated carbocycles. The highest BCUT2D eigenvalue weighted by atomic mass is 32.1. The molecule has 2 amide bonds. The maximum absolute atomic E-state index is 12.3. The maximum Gasteiger partial charge on any atom is 0.328 e. The molecule has 28 heavy (non-hydrogen) atoms. The zero-order valence-corrected chi connectivity index (χ0v) is 17.8. The van der Waals surface area contributed by atoms with Gasteiger partial charge >= 0.3 is 6.03 Å². The van der Waals surface area contributed by atoms with Crippen molar-refractivity contribution in [2.24, 2.45) is 5.92 Å². The lowest BCUT2D eigenvalue weighted by Gasteiger charge is -2.22. The first-order chi connectivity index (χ1) is 13.3. The number of carbonyl (C=O) groups is 1. The molecule has 2 aromatic rings. The minimum Gasteiger partial charge on any atom is -0.483 e. The van der Waals surface area contributed by atoms with Gasteiger partial charge in [0.25, 0.3) is 0 Å². The Hall–Kier alpha value is -2.19. The Bertz CT molecular complexity index is 808. The van der Waals surface area contributed by atoms with Crippen molar-refractivity contribution in [1.29, 1.82) is 0 Å². The van der Waals surface area contributed by atoms with Crippen LogP contribution in [-0.2, 0) is 0 Å². The van der Waals surface area contributed by atoms with E-state index in [1.807, 2.05) is 12.1 Å². The summed E-state index contributed by atoms with van der Waals surface area (Å²) in [7, 11) is 1.65. The molecule has 152 valence electrons. The average molecular weight is 405 g/mol. The van der Waals surface area contributed by atoms with E-state index in [4.69, 9.17) is 4.74 Å². The van der Waals surface area contributed by atoms with Crippen molar-refractivity contribution in [3.8, 4) is 5.75 Å². The quantitative estimate of drug-likeness (QED) is 0.754. The van der Waals surface area contributed by atoms with Crippen LogP contribution in [0.2, 0.25) is 0 Å². The minimum atomic E-state index is -0.912. The fourth-order valence-electron chi connectivity index (χ4n) is 3.07. The molecule has 1 fully saturated rings. The van der Waals surface area contributed by atoms with Gasteiger partial charge in [0.15, 0.2) is 17.3 Å². The van der Waals surface area contributed by atoms with Crippen molar-refractivity contribution in [1.82, 2.24) is 15.1 Å². The summed E-state index contributed by atoms with van der Waals surface area (Å²) in [6.07, 6.45) is -0.268. The van der Waals surface area contributed by atoms with Crippen molar-refractivity contribution < 1.29 is 14.6 Å². The number of urea groups is 1. The SMILES string of the molecule is CCC(C)C(Oc1ccc(C(C)C)cc1)c1nnc(N2C(=O)N(C)CC2O)s1. The Labute approximate surface area is 169 Å². The van der Waals surface area contributed by atoms with Crippen LogP contribution in [-0.4, -0.2) is 46.1 Å². The summed E-state index contributed by atoms with van der Waals surface area (Å²) in [6.45, 7) is 8.78. The molecule has 1 aromatic carbocycles. The Morgan fingerprint density at radius 1 is 1.25 bits per heavy atom. The zero-order valence-electron chi connectivity index (χ0n) is 17.0. The van der Waals surface area contributed by atoms with Crippen molar-refractivity contribution in [2.45, 2.75) is 52.4 Å². The summed E-state index contributed by atoms with van der Waals surface area (Å²) in [6, 6.07) is 7.84. The molecule has 1 aromatic heterocycles. The van der Waals surface area contributed by atoms with Gasteiger partial charge in [0.2, 0.25) is 5.13 Å². The summed E-state index contributed by atoms with van der Waals surface area (Å²) in [4.78, 5) is 15.0. The Morgan fingerprint density at radius 2 is 1.93 bits per heavy atom. The molecular weight excluding hydrogens is 376 g/mol. The number of aliphatic hydroxyl groups excluding tert-OH is 1. The number of hydrogen-bond donors (Lipinski definition) is 1. The van der Waals surface area contributed by atoms with E-state index in [9.17, 15) is 9.90 Å². The zero-order chi connectivity index (χ0) is 20.4. The number of anilines is 1. The molecule has 1 aliphatic heterocycles. The second-order valence-corrected chi connectivity index (χ2v) is 8.57. The van der Waals surface area contributed by atoms with Crippen LogP contribution in [0.4, 0.5) is 9.93 Å². The van der Waals surface area contributed by atoms with Crippen molar-refractivity contribution >= 4 is 22.5 Å². The third-order valence-corrected chi connectivity index (χ3v) is 6.10. The second-order valence-electron chi connectivity index (χ2n) is 7.58. The van der Waals surface area contributed by atoms with Gasteiger partial charge < -0.3 is 14.7 Å². The van der Waals surface area contributed by atoms with Gasteiger partial charge in [-0.05, 0) is 36.0 Å². The fraction of sp³-hybridized carbons (Fsp3) is 0.550. The average Bonchev–Trinajstić information content (AvgIpc) is 3.23. The molecule has 3 atom stereocenters. The Morgan fingerprint density at radius 3 is 2.46 bits per heavy atom. The first kappa shape index (κ1) is 20.5. The number of β-amino-alcohol motifs (C(OH)–C–C–N with tert-alkyl or cyclic N) is 1. The first-order valence-corrected chi connectivity index (χ1v) is 10.5. The van der Waals surface area contributed by atoms with Gasteiger partial charge in [0.1, 0.15) is 5.75 Å². The summed E-state index contributed by atoms with van der Waals surface area (Å²) < 4.78 is 6.27. The van der Waals surface area contributed by atoms with E-state index in [1.54, 1.807) is 7.05 Å². The van der Waals surface area contributed by atoms with Crippen LogP contribution in [0.3, 0.4) is 0 Å². The number of carbonyl (C=O) groups excluding carboxylic acids is 1. The van der Waals surface area contributed by atoms with Gasteiger partial charge in [-0.2, -0.15) is 0 Å². The van der Waals surface area contributed by atoms with Gasteiger partial charge in [-0.1, -0.05) is 51.2 Å². The molecule has 2 heterocycles. The van der Waals surface area contributed by atoms with Gasteiger partial charge in [-0.3, -0.25) is 0 Å². The number of aliphatic hydroxyl groups is 1. The van der Waals surface area contributed by atoms with Crippen LogP contribution in [0.1, 0.15) is 56.7 Å². The summed E-state index contributed by atoms with van der Waals surface area (Å²) in [5, 5.41) is 19.7. The van der Waals surface area contributed by atoms with E-state index in [1.165, 1.54) is 26.7 Å². The molecule has 1 saturated heterocycles. The molecule has 0 bridgehead atoms. The summed E-state index contributed by atoms with van der Waals surface area (Å²) in [5.74, 6) is 1.46. The fourth-order valence-corrected chi connectivity index (χ4v) is 4.11. The smallest absolute Gasteiger partial charge is 0.328 e. The van der Waals surface area contributed by atoms with Crippen LogP contribution in [0, 0.1) is 5.92 Å². The lowest BCUT2D eigenvalue weighted by Crippen LogP contribution is -2.34. The standard InChI is InChI=1S/C20H28N4O3S/c1-6-13(4)17(27-15-9-7-14(8-10-15)12(2)3)18-21-22-19(28-18)24-16(25)11-23(5)20(24)26/h7-10,12-13,16-17,25H,6,11H2,1-5H3. The molecule has 0 aliphatic carbocycles. The molecule has 1 N–H and O–H groups in total. The van der Waals surface area contributed by atoms with Crippen LogP contribution in [0.25, 0.3) is 0 Å². The number of aromatic nitrogens is 2. The predicted molar refractivity (Wildman–Crippen MR) is 110 cm³/mol. The van der Waals surface area contributed by atoms with Crippen LogP contribution in [0.15, 0.2) is 24.3 Å². The van der Waals surface area contributed by atoms with Crippen molar-refractivity contribution in [2.75, 3.05) is 18.5 Å². The third-order valence-electron chi connectivity index (χ3n) is 5.12. The molecule has 0 radical (unpaired) electrons. The van der Waals surface area contributed by atoms with Crippen LogP contribution in [0.5, 0.6) is 5.75 Å². The highest BCUT2D eigenvalue weighted by molar-refractivity contribution is 7.15. The van der Waals surface area contributed by atoms with Crippen LogP contribution >= 0.6 is 11.3 Å². The summed E-state index contributed by atoms with van der Waals surface area (Å²) >= 11 is 1.29. The molecule has 3 rings (SSSR count). The minimum absolute atomic E-state index is 0.215. The largest absolute Gasteiger partial charge is 0.483 e. The Balaban J connectivity index is 1.83. The van der Waals surface area contributed by atoms with E-state index in [0.717, 1.165) is 12.2 Å². The normalized spacial score (nSPS) is 19.4. The second kappa shape index (κ2) is 8.45. The molecular formula is C20H28N4O3S. The van der Waals surface area contributed by atoms with E-state index in [-0.39, 0.29) is 24.6 Å². The number of amides is 2. The van der Waals surface area contributed by atoms with E-state index in [2.05, 4.69) is 50.0 Å². The lowest BCUT2D eigenvalue weighted by atomic mass is 10.0. The number of benzene rings is 1. The summed E-state index contributed by atoms with van der Waals surface area (Å²) in [5.41, 5.74) is 1.26. The van der Waals surface area contributed by atoms with Crippen molar-refractivity contribution in [3.05, 3.63) is 34.8 Å². The van der Waals surface area contributed by atoms with Gasteiger partial charge in [-0.15, -0.1) is 10.2 Å². The number of hydrogen-bond acceptors (Lipinski definition) is 6. The molecule has 3 unspecified atom stereocenters. The molecule has 1 aliphatic rings. The number of nitrogens with zero attached hydrogens (tertiary/aromatic N) is 4. The van der Waals surface area contributed by atoms with Crippen molar-refractivity contribution in [3.63, 3.8) is 0 Å². The number of rotatable bonds is 7. The first-order valence-electron chi connectivity index (χ1n) is 9.64. The molecule has 0 spiro atoms. The third kappa shape index (κ3) is 4.12. The monoisotopic (exact) mass is 404 g/mol. The highest BCUT2D eigenvalue weighted by Crippen LogP contribution is 2.36.